The monoisotopic (exact) mass is 559 g/mol. The summed E-state index contributed by atoms with van der Waals surface area (Å²) in [5.74, 6) is -0.563. The van der Waals surface area contributed by atoms with Gasteiger partial charge in [-0.15, -0.1) is 0 Å². The maximum absolute atomic E-state index is 11.7. The molecule has 11 nitrogen and oxygen atoms in total. The minimum absolute atomic E-state index is 0. The fourth-order valence-electron chi connectivity index (χ4n) is 2.63. The molecule has 2 aromatic carbocycles. The molecule has 0 spiro atoms. The van der Waals surface area contributed by atoms with E-state index in [-0.39, 0.29) is 93.3 Å². The maximum atomic E-state index is 11.7. The molecule has 2 rings (SSSR count). The molecule has 0 aromatic heterocycles. The summed E-state index contributed by atoms with van der Waals surface area (Å²) in [6.07, 6.45) is 2.35. The van der Waals surface area contributed by atoms with Crippen molar-refractivity contribution < 1.29 is 94.6 Å². The predicted octanol–water partition coefficient (Wildman–Crippen LogP) is -4.83. The Balaban J connectivity index is 0.00000578. The maximum Gasteiger partial charge on any atom is 1.00 e. The zero-order valence-corrected chi connectivity index (χ0v) is 25.8. The van der Waals surface area contributed by atoms with E-state index >= 15 is 0 Å². The standard InChI is InChI=1S/C19H21N3O8S3.2Na/c1-20-19(31)22-15-8-6-13(17(10-15)33(27,28)29)4-3-12-5-7-14(21-18(23)11-30-2)9-16(12)32(24,25)26;;/h3-10H,11H2,1-2H3,(H,21,23)(H2,20,22,31)(H,24,25,26)(H,27,28,29);;/q;2*+1/p-2. The van der Waals surface area contributed by atoms with Gasteiger partial charge in [0.2, 0.25) is 5.91 Å². The molecule has 0 heterocycles. The van der Waals surface area contributed by atoms with Crippen molar-refractivity contribution >= 4 is 67.0 Å². The van der Waals surface area contributed by atoms with Crippen LogP contribution in [-0.2, 0) is 29.8 Å². The van der Waals surface area contributed by atoms with Crippen LogP contribution in [0.1, 0.15) is 11.1 Å². The molecule has 0 saturated carbocycles. The SMILES string of the molecule is CNC(=S)Nc1ccc(C=Cc2ccc(NC(=O)COC)cc2S(=O)(=O)[O-])c(S(=O)(=O)[O-])c1.[Na+].[Na+]. The molecule has 178 valence electrons. The van der Waals surface area contributed by atoms with E-state index in [9.17, 15) is 30.7 Å². The van der Waals surface area contributed by atoms with Crippen LogP contribution < -0.4 is 75.1 Å². The summed E-state index contributed by atoms with van der Waals surface area (Å²) in [7, 11) is -7.03. The Morgan fingerprint density at radius 1 is 0.914 bits per heavy atom. The number of nitrogens with one attached hydrogen (secondary N) is 3. The van der Waals surface area contributed by atoms with Gasteiger partial charge in [-0.05, 0) is 47.6 Å². The molecule has 2 aromatic rings. The Bertz CT molecular complexity index is 1320. The Kier molecular flexibility index (Phi) is 14.4. The normalized spacial score (nSPS) is 11.2. The molecule has 0 atom stereocenters. The topological polar surface area (TPSA) is 177 Å². The number of thiocarbonyl (C=S) groups is 1. The molecule has 0 aliphatic carbocycles. The largest absolute Gasteiger partial charge is 1.00 e. The van der Waals surface area contributed by atoms with Crippen molar-refractivity contribution in [2.24, 2.45) is 0 Å². The average Bonchev–Trinajstić information content (AvgIpc) is 2.72. The van der Waals surface area contributed by atoms with Gasteiger partial charge in [0.05, 0.1) is 9.79 Å². The fraction of sp³-hybridized carbons (Fsp3) is 0.158. The third-order valence-corrected chi connectivity index (χ3v) is 6.14. The van der Waals surface area contributed by atoms with Crippen molar-refractivity contribution in [3.63, 3.8) is 0 Å². The number of carbonyl (C=O) groups excluding carboxylic acids is 1. The first-order chi connectivity index (χ1) is 15.3. The van der Waals surface area contributed by atoms with E-state index in [1.807, 2.05) is 0 Å². The van der Waals surface area contributed by atoms with Crippen LogP contribution in [-0.4, -0.2) is 57.7 Å². The van der Waals surface area contributed by atoms with Crippen LogP contribution in [0.3, 0.4) is 0 Å². The van der Waals surface area contributed by atoms with Crippen molar-refractivity contribution in [2.45, 2.75) is 9.79 Å². The van der Waals surface area contributed by atoms with Crippen LogP contribution in [0.5, 0.6) is 0 Å². The number of methoxy groups -OCH3 is 1. The number of carbonyl (C=O) groups is 1. The number of amides is 1. The second-order valence-corrected chi connectivity index (χ2v) is 9.54. The van der Waals surface area contributed by atoms with Crippen molar-refractivity contribution in [3.8, 4) is 0 Å². The molecule has 0 aliphatic heterocycles. The van der Waals surface area contributed by atoms with Gasteiger partial charge in [0.25, 0.3) is 0 Å². The van der Waals surface area contributed by atoms with E-state index in [4.69, 9.17) is 12.2 Å². The fourth-order valence-corrected chi connectivity index (χ4v) is 4.14. The summed E-state index contributed by atoms with van der Waals surface area (Å²) in [4.78, 5) is 10.4. The number of hydrogen-bond acceptors (Lipinski definition) is 9. The first-order valence-electron chi connectivity index (χ1n) is 9.00. The van der Waals surface area contributed by atoms with Crippen molar-refractivity contribution in [1.29, 1.82) is 0 Å². The Labute approximate surface area is 253 Å². The summed E-state index contributed by atoms with van der Waals surface area (Å²) < 4.78 is 75.1. The average molecular weight is 560 g/mol. The number of hydrogen-bond donors (Lipinski definition) is 3. The number of benzene rings is 2. The van der Waals surface area contributed by atoms with Gasteiger partial charge in [-0.25, -0.2) is 16.8 Å². The Morgan fingerprint density at radius 3 is 1.71 bits per heavy atom. The number of anilines is 2. The van der Waals surface area contributed by atoms with E-state index in [0.717, 1.165) is 12.1 Å². The molecule has 0 radical (unpaired) electrons. The zero-order chi connectivity index (χ0) is 24.8. The van der Waals surface area contributed by atoms with Crippen LogP contribution >= 0.6 is 12.2 Å². The quantitative estimate of drug-likeness (QED) is 0.122. The van der Waals surface area contributed by atoms with Crippen LogP contribution in [0.25, 0.3) is 12.2 Å². The van der Waals surface area contributed by atoms with Crippen molar-refractivity contribution in [1.82, 2.24) is 5.32 Å². The summed E-state index contributed by atoms with van der Waals surface area (Å²) >= 11 is 4.94. The van der Waals surface area contributed by atoms with E-state index in [1.165, 1.54) is 43.5 Å². The van der Waals surface area contributed by atoms with Crippen LogP contribution in [0.4, 0.5) is 11.4 Å². The molecular formula is C19H19N3Na2O8S3. The van der Waals surface area contributed by atoms with E-state index in [0.29, 0.717) is 0 Å². The van der Waals surface area contributed by atoms with E-state index < -0.39 is 35.9 Å². The minimum Gasteiger partial charge on any atom is -0.744 e. The molecule has 0 aliphatic rings. The first kappa shape index (κ1) is 34.1. The van der Waals surface area contributed by atoms with Crippen molar-refractivity contribution in [2.75, 3.05) is 31.4 Å². The first-order valence-corrected chi connectivity index (χ1v) is 12.2. The van der Waals surface area contributed by atoms with Gasteiger partial charge < -0.3 is 29.8 Å². The smallest absolute Gasteiger partial charge is 0.744 e. The van der Waals surface area contributed by atoms with Gasteiger partial charge in [0, 0.05) is 25.5 Å². The van der Waals surface area contributed by atoms with Crippen molar-refractivity contribution in [3.05, 3.63) is 47.5 Å². The summed E-state index contributed by atoms with van der Waals surface area (Å²) in [5.41, 5.74) is 0.155. The molecule has 0 saturated heterocycles. The molecule has 0 fully saturated rings. The summed E-state index contributed by atoms with van der Waals surface area (Å²) in [6, 6.07) is 7.40. The van der Waals surface area contributed by atoms with Gasteiger partial charge >= 0.3 is 59.1 Å². The molecule has 0 unspecified atom stereocenters. The van der Waals surface area contributed by atoms with Gasteiger partial charge in [-0.1, -0.05) is 24.3 Å². The van der Waals surface area contributed by atoms with Gasteiger partial charge in [0.15, 0.2) is 5.11 Å². The number of ether oxygens (including phenoxy) is 1. The van der Waals surface area contributed by atoms with Crippen LogP contribution in [0.15, 0.2) is 46.2 Å². The van der Waals surface area contributed by atoms with Gasteiger partial charge in [-0.3, -0.25) is 4.79 Å². The summed E-state index contributed by atoms with van der Waals surface area (Å²) in [6.45, 7) is -0.280. The Morgan fingerprint density at radius 2 is 1.34 bits per heavy atom. The zero-order valence-electron chi connectivity index (χ0n) is 19.3. The van der Waals surface area contributed by atoms with Gasteiger partial charge in [-0.2, -0.15) is 0 Å². The van der Waals surface area contributed by atoms with Crippen LogP contribution in [0, 0.1) is 0 Å². The second kappa shape index (κ2) is 14.8. The van der Waals surface area contributed by atoms with E-state index in [2.05, 4.69) is 20.7 Å². The second-order valence-electron chi connectivity index (χ2n) is 6.43. The molecule has 1 amide bonds. The molecule has 35 heavy (non-hydrogen) atoms. The Hall–Kier alpha value is -0.880. The van der Waals surface area contributed by atoms with Crippen LogP contribution in [0.2, 0.25) is 0 Å². The van der Waals surface area contributed by atoms with Gasteiger partial charge in [0.1, 0.15) is 26.8 Å². The molecule has 3 N–H and O–H groups in total. The predicted molar refractivity (Wildman–Crippen MR) is 124 cm³/mol. The minimum atomic E-state index is -4.97. The van der Waals surface area contributed by atoms with E-state index in [1.54, 1.807) is 7.05 Å². The number of rotatable bonds is 8. The molecule has 16 heteroatoms. The molecule has 0 bridgehead atoms. The third kappa shape index (κ3) is 10.6. The molecular weight excluding hydrogens is 540 g/mol. The third-order valence-electron chi connectivity index (χ3n) is 4.05. The summed E-state index contributed by atoms with van der Waals surface area (Å²) in [5, 5.41) is 7.90.